The van der Waals surface area contributed by atoms with Crippen molar-refractivity contribution in [2.24, 2.45) is 11.8 Å². The summed E-state index contributed by atoms with van der Waals surface area (Å²) in [6, 6.07) is 10.1. The Labute approximate surface area is 250 Å². The molecule has 2 bridgehead atoms. The summed E-state index contributed by atoms with van der Waals surface area (Å²) >= 11 is 6.31. The zero-order valence-electron chi connectivity index (χ0n) is 22.5. The van der Waals surface area contributed by atoms with E-state index >= 15 is 0 Å². The van der Waals surface area contributed by atoms with Gasteiger partial charge in [0, 0.05) is 35.3 Å². The fourth-order valence-electron chi connectivity index (χ4n) is 6.32. The quantitative estimate of drug-likeness (QED) is 0.248. The molecule has 2 unspecified atom stereocenters. The first-order valence-electron chi connectivity index (χ1n) is 13.5. The lowest BCUT2D eigenvalue weighted by atomic mass is 9.71. The maximum atomic E-state index is 13.9. The number of rotatable bonds is 7. The third kappa shape index (κ3) is 5.22. The average Bonchev–Trinajstić information content (AvgIpc) is 3.52. The van der Waals surface area contributed by atoms with Gasteiger partial charge in [-0.05, 0) is 80.0 Å². The first-order valence-corrected chi connectivity index (χ1v) is 15.5. The molecule has 0 spiro atoms. The fraction of sp³-hybridized carbons (Fsp3) is 0.300. The Bertz CT molecular complexity index is 1790. The highest BCUT2D eigenvalue weighted by molar-refractivity contribution is 7.92. The van der Waals surface area contributed by atoms with E-state index < -0.39 is 56.2 Å². The van der Waals surface area contributed by atoms with Gasteiger partial charge in [0.05, 0.1) is 15.2 Å². The zero-order valence-corrected chi connectivity index (χ0v) is 24.0. The molecule has 9 nitrogen and oxygen atoms in total. The van der Waals surface area contributed by atoms with Crippen molar-refractivity contribution < 1.29 is 36.6 Å². The highest BCUT2D eigenvalue weighted by Gasteiger charge is 2.60. The monoisotopic (exact) mass is 629 g/mol. The number of fused-ring (bicyclic) bond motifs is 2. The Morgan fingerprint density at radius 2 is 1.84 bits per heavy atom. The lowest BCUT2D eigenvalue weighted by Gasteiger charge is -2.44. The maximum absolute atomic E-state index is 13.9. The fourth-order valence-corrected chi connectivity index (χ4v) is 8.72. The van der Waals surface area contributed by atoms with Crippen molar-refractivity contribution in [1.82, 2.24) is 9.97 Å². The third-order valence-corrected chi connectivity index (χ3v) is 11.2. The molecule has 2 fully saturated rings. The highest BCUT2D eigenvalue weighted by atomic mass is 35.5. The van der Waals surface area contributed by atoms with Gasteiger partial charge in [-0.1, -0.05) is 11.6 Å². The summed E-state index contributed by atoms with van der Waals surface area (Å²) in [6.07, 6.45) is 4.17. The third-order valence-electron chi connectivity index (χ3n) is 8.53. The number of aromatic nitrogens is 2. The van der Waals surface area contributed by atoms with E-state index in [1.165, 1.54) is 24.5 Å². The summed E-state index contributed by atoms with van der Waals surface area (Å²) in [4.78, 5) is 21.0. The first kappa shape index (κ1) is 29.4. The van der Waals surface area contributed by atoms with Crippen LogP contribution in [0.5, 0.6) is 0 Å². The Morgan fingerprint density at radius 3 is 2.51 bits per heavy atom. The largest absolute Gasteiger partial charge is 0.445 e. The van der Waals surface area contributed by atoms with Gasteiger partial charge in [0.25, 0.3) is 5.91 Å². The Morgan fingerprint density at radius 1 is 1.09 bits per heavy atom. The number of carbonyl (C=O) groups excluding carboxylic acids is 1. The minimum Gasteiger partial charge on any atom is -0.445 e. The summed E-state index contributed by atoms with van der Waals surface area (Å²) < 4.78 is 60.1. The number of anilines is 1. The molecule has 0 radical (unpaired) electrons. The van der Waals surface area contributed by atoms with Crippen LogP contribution in [0.2, 0.25) is 5.02 Å². The molecule has 2 heterocycles. The van der Waals surface area contributed by atoms with Gasteiger partial charge in [-0.25, -0.2) is 22.2 Å². The molecule has 0 saturated heterocycles. The van der Waals surface area contributed by atoms with Crippen molar-refractivity contribution in [1.29, 1.82) is 0 Å². The van der Waals surface area contributed by atoms with Gasteiger partial charge in [0.2, 0.25) is 5.89 Å². The summed E-state index contributed by atoms with van der Waals surface area (Å²) in [5.74, 6) is -4.18. The second-order valence-corrected chi connectivity index (χ2v) is 13.5. The number of aliphatic hydroxyl groups is 2. The van der Waals surface area contributed by atoms with Crippen molar-refractivity contribution in [2.75, 3.05) is 5.32 Å². The summed E-state index contributed by atoms with van der Waals surface area (Å²) in [5, 5.41) is 24.5. The normalized spacial score (nSPS) is 24.1. The molecule has 3 N–H and O–H groups in total. The number of oxazole rings is 1. The highest BCUT2D eigenvalue weighted by Crippen LogP contribution is 2.56. The molecule has 6 rings (SSSR count). The summed E-state index contributed by atoms with van der Waals surface area (Å²) in [6.45, 7) is 0. The van der Waals surface area contributed by atoms with Gasteiger partial charge in [-0.3, -0.25) is 9.78 Å². The molecule has 2 aliphatic rings. The standard InChI is InChI=1S/C30H26ClF2N3O6S/c31-22-7-3-16(28(38)35-20-6-8-23(32)24(33)13-20)10-26(22)43(40,41)21-11-18-4-5-19(12-21)30(18,39)27(37)29-36-25(15-42-29)17-2-1-9-34-14-17/h1-3,6-10,13-15,18-19,21,27,37,39H,4-5,11-12H2,(H,35,38)/t18-,19?,21-,27?,30-/m0/s1. The second-order valence-electron chi connectivity index (χ2n) is 10.9. The van der Waals surface area contributed by atoms with Crippen molar-refractivity contribution in [3.05, 3.63) is 95.3 Å². The van der Waals surface area contributed by atoms with Crippen molar-refractivity contribution in [2.45, 2.75) is 47.5 Å². The number of amides is 1. The maximum Gasteiger partial charge on any atom is 0.255 e. The van der Waals surface area contributed by atoms with Gasteiger partial charge in [0.15, 0.2) is 27.6 Å². The lowest BCUT2D eigenvalue weighted by Crippen LogP contribution is -2.52. The number of nitrogens with one attached hydrogen (secondary N) is 1. The van der Waals surface area contributed by atoms with E-state index in [2.05, 4.69) is 15.3 Å². The van der Waals surface area contributed by atoms with Crippen LogP contribution >= 0.6 is 11.6 Å². The predicted octanol–water partition coefficient (Wildman–Crippen LogP) is 5.35. The number of hydrogen-bond donors (Lipinski definition) is 3. The molecular weight excluding hydrogens is 604 g/mol. The number of hydrogen-bond acceptors (Lipinski definition) is 8. The molecule has 2 aromatic heterocycles. The number of benzene rings is 2. The number of aliphatic hydroxyl groups excluding tert-OH is 1. The van der Waals surface area contributed by atoms with Crippen LogP contribution < -0.4 is 5.32 Å². The minimum absolute atomic E-state index is 0.0106. The molecule has 2 aromatic carbocycles. The molecule has 1 amide bonds. The van der Waals surface area contributed by atoms with Crippen LogP contribution in [0.1, 0.15) is 48.0 Å². The van der Waals surface area contributed by atoms with E-state index in [4.69, 9.17) is 16.0 Å². The van der Waals surface area contributed by atoms with E-state index in [9.17, 15) is 32.2 Å². The van der Waals surface area contributed by atoms with Crippen molar-refractivity contribution in [3.63, 3.8) is 0 Å². The number of halogens is 3. The van der Waals surface area contributed by atoms with E-state index in [0.717, 1.165) is 18.2 Å². The molecule has 224 valence electrons. The van der Waals surface area contributed by atoms with Crippen LogP contribution in [0.3, 0.4) is 0 Å². The number of sulfone groups is 1. The van der Waals surface area contributed by atoms with Crippen LogP contribution in [-0.2, 0) is 9.84 Å². The zero-order chi connectivity index (χ0) is 30.5. The second kappa shape index (κ2) is 11.1. The molecule has 5 atom stereocenters. The van der Waals surface area contributed by atoms with Gasteiger partial charge < -0.3 is 19.9 Å². The van der Waals surface area contributed by atoms with E-state index in [1.807, 2.05) is 0 Å². The first-order chi connectivity index (χ1) is 20.5. The molecule has 0 aliphatic heterocycles. The van der Waals surface area contributed by atoms with E-state index in [0.29, 0.717) is 24.1 Å². The number of nitrogens with zero attached hydrogens (tertiary/aromatic N) is 2. The van der Waals surface area contributed by atoms with Gasteiger partial charge in [0.1, 0.15) is 17.6 Å². The topological polar surface area (TPSA) is 143 Å². The van der Waals surface area contributed by atoms with Crippen molar-refractivity contribution >= 4 is 33.0 Å². The predicted molar refractivity (Wildman–Crippen MR) is 152 cm³/mol. The Kier molecular flexibility index (Phi) is 7.57. The minimum atomic E-state index is -4.09. The van der Waals surface area contributed by atoms with Crippen LogP contribution in [0, 0.1) is 23.5 Å². The van der Waals surface area contributed by atoms with Crippen molar-refractivity contribution in [3.8, 4) is 11.3 Å². The van der Waals surface area contributed by atoms with Crippen LogP contribution in [0.25, 0.3) is 11.3 Å². The SMILES string of the molecule is O=C(Nc1ccc(F)c(F)c1)c1ccc(Cl)c(S(=O)(=O)[C@@H]2CC3CC[C@@H](C2)[C@@]3(O)C(O)c2nc(-c3cccnc3)co2)c1. The molecule has 4 aromatic rings. The average molecular weight is 630 g/mol. The van der Waals surface area contributed by atoms with Gasteiger partial charge >= 0.3 is 0 Å². The van der Waals surface area contributed by atoms with Gasteiger partial charge in [-0.15, -0.1) is 0 Å². The van der Waals surface area contributed by atoms with E-state index in [-0.39, 0.29) is 39.9 Å². The smallest absolute Gasteiger partial charge is 0.255 e. The molecule has 2 saturated carbocycles. The summed E-state index contributed by atoms with van der Waals surface area (Å²) in [5.41, 5.74) is -0.598. The van der Waals surface area contributed by atoms with Crippen LogP contribution in [-0.4, -0.2) is 45.4 Å². The molecule has 2 aliphatic carbocycles. The number of pyridine rings is 1. The lowest BCUT2D eigenvalue weighted by molar-refractivity contribution is -0.152. The molecule has 43 heavy (non-hydrogen) atoms. The van der Waals surface area contributed by atoms with Gasteiger partial charge in [-0.2, -0.15) is 0 Å². The van der Waals surface area contributed by atoms with E-state index in [1.54, 1.807) is 24.5 Å². The number of carbonyl (C=O) groups is 1. The molecule has 13 heteroatoms. The van der Waals surface area contributed by atoms with Crippen LogP contribution in [0.4, 0.5) is 14.5 Å². The molecular formula is C30H26ClF2N3O6S. The Hall–Kier alpha value is -3.71. The Balaban J connectivity index is 1.22. The van der Waals surface area contributed by atoms with Crippen LogP contribution in [0.15, 0.2) is 76.5 Å². The summed E-state index contributed by atoms with van der Waals surface area (Å²) in [7, 11) is -4.09.